The number of alkyl halides is 1. The molecular weight excluding hydrogens is 302 g/mol. The lowest BCUT2D eigenvalue weighted by Gasteiger charge is -2.39. The fourth-order valence-corrected chi connectivity index (χ4v) is 2.77. The van der Waals surface area contributed by atoms with Gasteiger partial charge in [-0.05, 0) is 31.5 Å². The van der Waals surface area contributed by atoms with E-state index in [0.717, 1.165) is 29.2 Å². The van der Waals surface area contributed by atoms with Crippen LogP contribution in [-0.2, 0) is 10.1 Å². The monoisotopic (exact) mass is 317 g/mol. The predicted octanol–water partition coefficient (Wildman–Crippen LogP) is 3.85. The van der Waals surface area contributed by atoms with E-state index >= 15 is 0 Å². The van der Waals surface area contributed by atoms with Crippen LogP contribution in [0.3, 0.4) is 0 Å². The highest BCUT2D eigenvalue weighted by atomic mass is 79.9. The summed E-state index contributed by atoms with van der Waals surface area (Å²) in [5, 5.41) is 1.66. The van der Waals surface area contributed by atoms with Gasteiger partial charge in [0.1, 0.15) is 0 Å². The van der Waals surface area contributed by atoms with Gasteiger partial charge in [0.25, 0.3) is 0 Å². The van der Waals surface area contributed by atoms with Crippen molar-refractivity contribution in [2.75, 3.05) is 18.1 Å². The van der Waals surface area contributed by atoms with Crippen molar-refractivity contribution in [3.05, 3.63) is 28.8 Å². The minimum Gasteiger partial charge on any atom is -0.375 e. The first-order chi connectivity index (χ1) is 8.11. The Morgan fingerprint density at radius 2 is 2.24 bits per heavy atom. The van der Waals surface area contributed by atoms with Gasteiger partial charge in [-0.2, -0.15) is 0 Å². The highest BCUT2D eigenvalue weighted by molar-refractivity contribution is 9.08. The summed E-state index contributed by atoms with van der Waals surface area (Å²) in [5.41, 5.74) is 2.31. The molecule has 0 spiro atoms. The maximum atomic E-state index is 6.35. The average Bonchev–Trinajstić information content (AvgIpc) is 2.32. The van der Waals surface area contributed by atoms with E-state index < -0.39 is 0 Å². The maximum Gasteiger partial charge on any atom is 0.0723 e. The number of morpholine rings is 1. The zero-order valence-electron chi connectivity index (χ0n) is 10.1. The topological polar surface area (TPSA) is 12.5 Å². The second kappa shape index (κ2) is 5.59. The fourth-order valence-electron chi connectivity index (χ4n) is 2.11. The third-order valence-electron chi connectivity index (χ3n) is 3.08. The van der Waals surface area contributed by atoms with E-state index in [0.29, 0.717) is 6.04 Å². The Kier molecular flexibility index (Phi) is 4.34. The molecule has 1 aromatic rings. The van der Waals surface area contributed by atoms with E-state index in [2.05, 4.69) is 46.8 Å². The van der Waals surface area contributed by atoms with Gasteiger partial charge in [-0.25, -0.2) is 0 Å². The van der Waals surface area contributed by atoms with Crippen molar-refractivity contribution in [2.24, 2.45) is 0 Å². The Bertz CT molecular complexity index is 399. The van der Waals surface area contributed by atoms with Crippen molar-refractivity contribution in [1.29, 1.82) is 0 Å². The Labute approximate surface area is 116 Å². The van der Waals surface area contributed by atoms with Gasteiger partial charge >= 0.3 is 0 Å². The largest absolute Gasteiger partial charge is 0.375 e. The highest BCUT2D eigenvalue weighted by Gasteiger charge is 2.24. The molecule has 0 saturated carbocycles. The van der Waals surface area contributed by atoms with E-state index in [1.807, 2.05) is 6.07 Å². The quantitative estimate of drug-likeness (QED) is 0.768. The lowest BCUT2D eigenvalue weighted by molar-refractivity contribution is 0.0344. The molecule has 17 heavy (non-hydrogen) atoms. The summed E-state index contributed by atoms with van der Waals surface area (Å²) in [4.78, 5) is 2.33. The second-order valence-corrected chi connectivity index (χ2v) is 5.53. The number of rotatable bonds is 2. The Morgan fingerprint density at radius 3 is 2.88 bits per heavy atom. The molecule has 1 heterocycles. The molecule has 2 rings (SSSR count). The van der Waals surface area contributed by atoms with Gasteiger partial charge in [-0.3, -0.25) is 0 Å². The molecule has 94 valence electrons. The number of hydrogen-bond acceptors (Lipinski definition) is 2. The average molecular weight is 319 g/mol. The minimum absolute atomic E-state index is 0.262. The summed E-state index contributed by atoms with van der Waals surface area (Å²) in [6, 6.07) is 6.62. The first-order valence-corrected chi connectivity index (χ1v) is 7.34. The van der Waals surface area contributed by atoms with Crippen molar-refractivity contribution in [1.82, 2.24) is 0 Å². The molecule has 4 heteroatoms. The van der Waals surface area contributed by atoms with Gasteiger partial charge in [0, 0.05) is 17.9 Å². The van der Waals surface area contributed by atoms with Gasteiger partial charge in [-0.1, -0.05) is 33.6 Å². The molecule has 1 saturated heterocycles. The van der Waals surface area contributed by atoms with Crippen LogP contribution in [0.1, 0.15) is 19.4 Å². The van der Waals surface area contributed by atoms with Crippen LogP contribution in [0, 0.1) is 0 Å². The molecule has 2 atom stereocenters. The molecule has 0 amide bonds. The summed E-state index contributed by atoms with van der Waals surface area (Å²) in [5.74, 6) is 0. The van der Waals surface area contributed by atoms with E-state index in [9.17, 15) is 0 Å². The molecule has 0 N–H and O–H groups in total. The van der Waals surface area contributed by atoms with Crippen LogP contribution in [0.5, 0.6) is 0 Å². The lowest BCUT2D eigenvalue weighted by atomic mass is 10.1. The van der Waals surface area contributed by atoms with Gasteiger partial charge in [0.2, 0.25) is 0 Å². The van der Waals surface area contributed by atoms with Crippen LogP contribution >= 0.6 is 27.5 Å². The van der Waals surface area contributed by atoms with E-state index in [-0.39, 0.29) is 6.10 Å². The molecule has 0 radical (unpaired) electrons. The Hall–Kier alpha value is -0.250. The summed E-state index contributed by atoms with van der Waals surface area (Å²) in [6.07, 6.45) is 0.262. The van der Waals surface area contributed by atoms with Crippen molar-refractivity contribution < 1.29 is 4.74 Å². The third kappa shape index (κ3) is 2.95. The fraction of sp³-hybridized carbons (Fsp3) is 0.538. The van der Waals surface area contributed by atoms with E-state index in [1.165, 1.54) is 5.56 Å². The molecule has 1 aliphatic rings. The Balaban J connectivity index is 2.26. The summed E-state index contributed by atoms with van der Waals surface area (Å²) in [7, 11) is 0. The van der Waals surface area contributed by atoms with Crippen molar-refractivity contribution in [2.45, 2.75) is 31.3 Å². The first-order valence-electron chi connectivity index (χ1n) is 5.84. The van der Waals surface area contributed by atoms with Crippen molar-refractivity contribution >= 4 is 33.2 Å². The number of nitrogens with zero attached hydrogens (tertiary/aromatic N) is 1. The molecule has 1 aromatic carbocycles. The van der Waals surface area contributed by atoms with Gasteiger partial charge in [0.05, 0.1) is 23.4 Å². The number of anilines is 1. The molecule has 2 nitrogen and oxygen atoms in total. The number of halogens is 2. The summed E-state index contributed by atoms with van der Waals surface area (Å²) < 4.78 is 5.63. The lowest BCUT2D eigenvalue weighted by Crippen LogP contribution is -2.47. The van der Waals surface area contributed by atoms with Gasteiger partial charge < -0.3 is 9.64 Å². The molecule has 0 aliphatic carbocycles. The zero-order valence-corrected chi connectivity index (χ0v) is 12.5. The molecule has 1 fully saturated rings. The first kappa shape index (κ1) is 13.2. The van der Waals surface area contributed by atoms with Crippen LogP contribution in [0.25, 0.3) is 0 Å². The molecule has 2 unspecified atom stereocenters. The normalized spacial score (nSPS) is 25.1. The number of benzene rings is 1. The molecule has 1 aliphatic heterocycles. The predicted molar refractivity (Wildman–Crippen MR) is 76.3 cm³/mol. The minimum atomic E-state index is 0.262. The number of ether oxygens (including phenoxy) is 1. The van der Waals surface area contributed by atoms with Crippen LogP contribution in [0.4, 0.5) is 5.69 Å². The molecular formula is C13H17BrClNO. The van der Waals surface area contributed by atoms with Crippen LogP contribution < -0.4 is 4.90 Å². The van der Waals surface area contributed by atoms with Crippen molar-refractivity contribution in [3.8, 4) is 0 Å². The second-order valence-electron chi connectivity index (χ2n) is 4.56. The third-order valence-corrected chi connectivity index (χ3v) is 4.03. The van der Waals surface area contributed by atoms with Crippen molar-refractivity contribution in [3.63, 3.8) is 0 Å². The van der Waals surface area contributed by atoms with Crippen LogP contribution in [0.2, 0.25) is 5.02 Å². The Morgan fingerprint density at radius 1 is 1.47 bits per heavy atom. The van der Waals surface area contributed by atoms with Crippen LogP contribution in [0.15, 0.2) is 18.2 Å². The van der Waals surface area contributed by atoms with Gasteiger partial charge in [0.15, 0.2) is 0 Å². The number of hydrogen-bond donors (Lipinski definition) is 0. The SMILES string of the molecule is CC1CN(c2ccc(CBr)cc2Cl)C(C)CO1. The smallest absolute Gasteiger partial charge is 0.0723 e. The maximum absolute atomic E-state index is 6.35. The standard InChI is InChI=1S/C13H17BrClNO/c1-9-8-17-10(2)7-16(9)13-4-3-11(6-14)5-12(13)15/h3-5,9-10H,6-8H2,1-2H3. The molecule has 0 aromatic heterocycles. The highest BCUT2D eigenvalue weighted by Crippen LogP contribution is 2.30. The van der Waals surface area contributed by atoms with Crippen LogP contribution in [-0.4, -0.2) is 25.3 Å². The summed E-state index contributed by atoms with van der Waals surface area (Å²) >= 11 is 9.79. The van der Waals surface area contributed by atoms with Gasteiger partial charge in [-0.15, -0.1) is 0 Å². The summed E-state index contributed by atoms with van der Waals surface area (Å²) in [6.45, 7) is 5.92. The molecule has 0 bridgehead atoms. The zero-order chi connectivity index (χ0) is 12.4. The van der Waals surface area contributed by atoms with E-state index in [4.69, 9.17) is 16.3 Å². The van der Waals surface area contributed by atoms with E-state index in [1.54, 1.807) is 0 Å².